The van der Waals surface area contributed by atoms with Gasteiger partial charge in [-0.25, -0.2) is 0 Å². The van der Waals surface area contributed by atoms with Gasteiger partial charge in [0.05, 0.1) is 10.6 Å². The summed E-state index contributed by atoms with van der Waals surface area (Å²) in [6.45, 7) is 5.37. The average Bonchev–Trinajstić information content (AvgIpc) is 2.20. The number of carbonyl (C=O) groups excluding carboxylic acids is 1. The minimum atomic E-state index is -0.492. The molecule has 0 aliphatic heterocycles. The molecule has 0 atom stereocenters. The minimum absolute atomic E-state index is 0.0433. The normalized spacial score (nSPS) is 10.5. The second-order valence-electron chi connectivity index (χ2n) is 4.01. The van der Waals surface area contributed by atoms with Gasteiger partial charge in [-0.05, 0) is 12.5 Å². The van der Waals surface area contributed by atoms with Crippen LogP contribution in [0.25, 0.3) is 0 Å². The molecule has 1 aromatic rings. The summed E-state index contributed by atoms with van der Waals surface area (Å²) in [5.74, 6) is 0.0424. The molecule has 1 heterocycles. The molecule has 0 radical (unpaired) electrons. The van der Waals surface area contributed by atoms with Crippen LogP contribution in [0.1, 0.15) is 25.1 Å². The van der Waals surface area contributed by atoms with E-state index in [1.54, 1.807) is 6.92 Å². The molecule has 0 saturated heterocycles. The minimum Gasteiger partial charge on any atom is -0.299 e. The van der Waals surface area contributed by atoms with Crippen LogP contribution in [0.3, 0.4) is 0 Å². The fourth-order valence-corrected chi connectivity index (χ4v) is 1.24. The number of aromatic nitrogens is 1. The van der Waals surface area contributed by atoms with E-state index >= 15 is 0 Å². The van der Waals surface area contributed by atoms with Crippen molar-refractivity contribution in [3.05, 3.63) is 33.6 Å². The van der Waals surface area contributed by atoms with Crippen LogP contribution in [0.5, 0.6) is 0 Å². The highest BCUT2D eigenvalue weighted by Gasteiger charge is 2.14. The summed E-state index contributed by atoms with van der Waals surface area (Å²) in [7, 11) is 0. The topological polar surface area (TPSA) is 73.1 Å². The lowest BCUT2D eigenvalue weighted by Crippen LogP contribution is -2.12. The molecule has 0 N–H and O–H groups in total. The van der Waals surface area contributed by atoms with Crippen molar-refractivity contribution in [1.29, 1.82) is 0 Å². The monoisotopic (exact) mass is 222 g/mol. The van der Waals surface area contributed by atoms with Gasteiger partial charge in [0.25, 0.3) is 5.69 Å². The molecule has 5 heteroatoms. The maximum atomic E-state index is 11.5. The van der Waals surface area contributed by atoms with Gasteiger partial charge in [-0.15, -0.1) is 0 Å². The van der Waals surface area contributed by atoms with Crippen molar-refractivity contribution in [2.75, 3.05) is 0 Å². The van der Waals surface area contributed by atoms with E-state index in [0.29, 0.717) is 11.3 Å². The van der Waals surface area contributed by atoms with Gasteiger partial charge >= 0.3 is 0 Å². The van der Waals surface area contributed by atoms with E-state index in [4.69, 9.17) is 0 Å². The van der Waals surface area contributed by atoms with Gasteiger partial charge in [0.15, 0.2) is 0 Å². The summed E-state index contributed by atoms with van der Waals surface area (Å²) < 4.78 is 0. The van der Waals surface area contributed by atoms with Crippen LogP contribution < -0.4 is 0 Å². The number of nitrogens with zero attached hydrogens (tertiary/aromatic N) is 2. The lowest BCUT2D eigenvalue weighted by Gasteiger charge is -2.05. The molecule has 0 spiro atoms. The van der Waals surface area contributed by atoms with E-state index in [0.717, 1.165) is 0 Å². The fraction of sp³-hybridized carbons (Fsp3) is 0.455. The molecule has 0 aromatic carbocycles. The molecule has 1 aromatic heterocycles. The van der Waals surface area contributed by atoms with Crippen molar-refractivity contribution in [2.24, 2.45) is 5.92 Å². The first-order chi connectivity index (χ1) is 7.41. The Kier molecular flexibility index (Phi) is 3.71. The van der Waals surface area contributed by atoms with Gasteiger partial charge < -0.3 is 0 Å². The van der Waals surface area contributed by atoms with Crippen molar-refractivity contribution in [3.63, 3.8) is 0 Å². The van der Waals surface area contributed by atoms with Crippen molar-refractivity contribution in [1.82, 2.24) is 4.98 Å². The van der Waals surface area contributed by atoms with E-state index in [9.17, 15) is 14.9 Å². The number of nitro groups is 1. The van der Waals surface area contributed by atoms with E-state index in [2.05, 4.69) is 4.98 Å². The zero-order valence-electron chi connectivity index (χ0n) is 9.56. The Morgan fingerprint density at radius 3 is 2.62 bits per heavy atom. The number of carbonyl (C=O) groups is 1. The summed E-state index contributed by atoms with van der Waals surface area (Å²) in [6.07, 6.45) is 1.43. The third kappa shape index (κ3) is 2.85. The molecule has 0 unspecified atom stereocenters. The fourth-order valence-electron chi connectivity index (χ4n) is 1.24. The molecule has 16 heavy (non-hydrogen) atoms. The second-order valence-corrected chi connectivity index (χ2v) is 4.01. The number of ketones is 1. The highest BCUT2D eigenvalue weighted by atomic mass is 16.6. The van der Waals surface area contributed by atoms with Crippen LogP contribution >= 0.6 is 0 Å². The van der Waals surface area contributed by atoms with Gasteiger partial charge in [-0.3, -0.25) is 19.9 Å². The first kappa shape index (κ1) is 12.3. The van der Waals surface area contributed by atoms with Crippen LogP contribution in [-0.4, -0.2) is 15.7 Å². The van der Waals surface area contributed by atoms with Crippen LogP contribution in [0.2, 0.25) is 0 Å². The summed E-state index contributed by atoms with van der Waals surface area (Å²) in [4.78, 5) is 25.5. The zero-order valence-corrected chi connectivity index (χ0v) is 9.56. The first-order valence-corrected chi connectivity index (χ1v) is 5.04. The Labute approximate surface area is 93.7 Å². The maximum Gasteiger partial charge on any atom is 0.287 e. The standard InChI is InChI=1S/C11H14N2O3/c1-7(2)11(14)5-10-8(3)4-9(6-12-10)13(15)16/h4,6-7H,5H2,1-3H3. The SMILES string of the molecule is Cc1cc([N+](=O)[O-])cnc1CC(=O)C(C)C. The van der Waals surface area contributed by atoms with Crippen LogP contribution in [0, 0.1) is 23.0 Å². The average molecular weight is 222 g/mol. The third-order valence-corrected chi connectivity index (χ3v) is 2.37. The summed E-state index contributed by atoms with van der Waals surface area (Å²) >= 11 is 0. The third-order valence-electron chi connectivity index (χ3n) is 2.37. The van der Waals surface area contributed by atoms with E-state index in [1.807, 2.05) is 13.8 Å². The van der Waals surface area contributed by atoms with Crippen molar-refractivity contribution in [2.45, 2.75) is 27.2 Å². The number of hydrogen-bond acceptors (Lipinski definition) is 4. The second kappa shape index (κ2) is 4.83. The van der Waals surface area contributed by atoms with E-state index < -0.39 is 4.92 Å². The van der Waals surface area contributed by atoms with Crippen molar-refractivity contribution < 1.29 is 9.72 Å². The van der Waals surface area contributed by atoms with Gasteiger partial charge in [-0.1, -0.05) is 13.8 Å². The summed E-state index contributed by atoms with van der Waals surface area (Å²) in [6, 6.07) is 1.44. The lowest BCUT2D eigenvalue weighted by molar-refractivity contribution is -0.385. The molecule has 0 aliphatic rings. The van der Waals surface area contributed by atoms with E-state index in [-0.39, 0.29) is 23.8 Å². The molecule has 0 saturated carbocycles. The largest absolute Gasteiger partial charge is 0.299 e. The Morgan fingerprint density at radius 1 is 1.56 bits per heavy atom. The van der Waals surface area contributed by atoms with Crippen molar-refractivity contribution >= 4 is 11.5 Å². The number of Topliss-reactive ketones (excluding diaryl/α,β-unsaturated/α-hetero) is 1. The number of hydrogen-bond donors (Lipinski definition) is 0. The number of aryl methyl sites for hydroxylation is 1. The molecule has 1 rings (SSSR count). The predicted molar refractivity (Wildman–Crippen MR) is 59.2 cm³/mol. The van der Waals surface area contributed by atoms with Gasteiger partial charge in [0.1, 0.15) is 12.0 Å². The molecule has 0 bridgehead atoms. The smallest absolute Gasteiger partial charge is 0.287 e. The molecule has 86 valence electrons. The molecular weight excluding hydrogens is 208 g/mol. The van der Waals surface area contributed by atoms with Gasteiger partial charge in [-0.2, -0.15) is 0 Å². The first-order valence-electron chi connectivity index (χ1n) is 5.04. The maximum absolute atomic E-state index is 11.5. The van der Waals surface area contributed by atoms with Gasteiger partial charge in [0.2, 0.25) is 0 Å². The molecule has 0 aliphatic carbocycles. The highest BCUT2D eigenvalue weighted by Crippen LogP contribution is 2.15. The van der Waals surface area contributed by atoms with Crippen LogP contribution in [-0.2, 0) is 11.2 Å². The molecule has 0 fully saturated rings. The van der Waals surface area contributed by atoms with Crippen LogP contribution in [0.15, 0.2) is 12.3 Å². The number of pyridine rings is 1. The number of rotatable bonds is 4. The molecular formula is C11H14N2O3. The lowest BCUT2D eigenvalue weighted by atomic mass is 10.0. The van der Waals surface area contributed by atoms with E-state index in [1.165, 1.54) is 12.3 Å². The van der Waals surface area contributed by atoms with Crippen molar-refractivity contribution in [3.8, 4) is 0 Å². The Morgan fingerprint density at radius 2 is 2.19 bits per heavy atom. The summed E-state index contributed by atoms with van der Waals surface area (Å²) in [5.41, 5.74) is 1.26. The highest BCUT2D eigenvalue weighted by molar-refractivity contribution is 5.82. The Hall–Kier alpha value is -1.78. The quantitative estimate of drug-likeness (QED) is 0.577. The predicted octanol–water partition coefficient (Wildman–Crippen LogP) is 2.07. The molecule has 0 amide bonds. The zero-order chi connectivity index (χ0) is 12.3. The Bertz CT molecular complexity index is 427. The molecule has 5 nitrogen and oxygen atoms in total. The Balaban J connectivity index is 2.91. The van der Waals surface area contributed by atoms with Crippen LogP contribution in [0.4, 0.5) is 5.69 Å². The summed E-state index contributed by atoms with van der Waals surface area (Å²) in [5, 5.41) is 10.5. The van der Waals surface area contributed by atoms with Gasteiger partial charge in [0, 0.05) is 18.4 Å².